The van der Waals surface area contributed by atoms with E-state index >= 15 is 0 Å². The maximum Gasteiger partial charge on any atom is 0.151 e. The summed E-state index contributed by atoms with van der Waals surface area (Å²) in [6.45, 7) is 0. The van der Waals surface area contributed by atoms with Gasteiger partial charge in [-0.05, 0) is 6.42 Å². The molecule has 0 saturated carbocycles. The maximum absolute atomic E-state index is 11.3. The van der Waals surface area contributed by atoms with Crippen molar-refractivity contribution in [3.05, 3.63) is 33.4 Å². The Morgan fingerprint density at radius 1 is 0.682 bits per heavy atom. The van der Waals surface area contributed by atoms with Crippen LogP contribution in [-0.4, -0.2) is 42.8 Å². The van der Waals surface area contributed by atoms with Gasteiger partial charge in [-0.15, -0.1) is 0 Å². The number of carbonyl (C=O) groups excluding carboxylic acids is 6. The van der Waals surface area contributed by atoms with Gasteiger partial charge in [0.25, 0.3) is 0 Å². The first-order chi connectivity index (χ1) is 10.6. The number of hydrogen-bond donors (Lipinski definition) is 1. The van der Waals surface area contributed by atoms with E-state index in [-0.39, 0.29) is 77.7 Å². The molecular formula is C15H12O7. The third-order valence-corrected chi connectivity index (χ3v) is 3.22. The molecule has 0 saturated heterocycles. The van der Waals surface area contributed by atoms with Crippen molar-refractivity contribution >= 4 is 37.7 Å². The van der Waals surface area contributed by atoms with Gasteiger partial charge in [-0.3, -0.25) is 24.0 Å². The van der Waals surface area contributed by atoms with Crippen molar-refractivity contribution in [2.24, 2.45) is 0 Å². The van der Waals surface area contributed by atoms with E-state index in [0.717, 1.165) is 0 Å². The van der Waals surface area contributed by atoms with Crippen LogP contribution in [0.15, 0.2) is 0 Å². The van der Waals surface area contributed by atoms with Crippen molar-refractivity contribution in [1.82, 2.24) is 0 Å². The largest absolute Gasteiger partial charge is 0.388 e. The van der Waals surface area contributed by atoms with Gasteiger partial charge in [-0.25, -0.2) is 0 Å². The highest BCUT2D eigenvalue weighted by Gasteiger charge is 2.26. The molecular weight excluding hydrogens is 292 g/mol. The molecule has 114 valence electrons. The van der Waals surface area contributed by atoms with Gasteiger partial charge < -0.3 is 9.90 Å². The van der Waals surface area contributed by atoms with Crippen LogP contribution in [0.2, 0.25) is 0 Å². The average molecular weight is 304 g/mol. The molecule has 1 aromatic carbocycles. The SMILES string of the molecule is O=CCCC(O)c1c(C=O)c(C=O)c(C=O)c(C=O)c1C=O. The quantitative estimate of drug-likeness (QED) is 0.668. The van der Waals surface area contributed by atoms with Crippen LogP contribution in [0.3, 0.4) is 0 Å². The number of aliphatic hydroxyl groups excluding tert-OH is 1. The van der Waals surface area contributed by atoms with Crippen LogP contribution in [0.4, 0.5) is 0 Å². The number of benzene rings is 1. The van der Waals surface area contributed by atoms with E-state index in [2.05, 4.69) is 0 Å². The van der Waals surface area contributed by atoms with Crippen molar-refractivity contribution in [1.29, 1.82) is 0 Å². The van der Waals surface area contributed by atoms with Gasteiger partial charge in [0.05, 0.1) is 6.10 Å². The summed E-state index contributed by atoms with van der Waals surface area (Å²) in [6, 6.07) is 0. The van der Waals surface area contributed by atoms with Crippen molar-refractivity contribution in [3.63, 3.8) is 0 Å². The predicted octanol–water partition coefficient (Wildman–Crippen LogP) is 0.762. The Bertz CT molecular complexity index is 605. The van der Waals surface area contributed by atoms with Gasteiger partial charge in [0.2, 0.25) is 0 Å². The summed E-state index contributed by atoms with van der Waals surface area (Å²) >= 11 is 0. The first-order valence-electron chi connectivity index (χ1n) is 6.22. The maximum atomic E-state index is 11.3. The van der Waals surface area contributed by atoms with Gasteiger partial charge >= 0.3 is 0 Å². The molecule has 0 aliphatic carbocycles. The Hall–Kier alpha value is -2.80. The van der Waals surface area contributed by atoms with Crippen molar-refractivity contribution in [2.45, 2.75) is 18.9 Å². The Morgan fingerprint density at radius 3 is 1.36 bits per heavy atom. The van der Waals surface area contributed by atoms with E-state index in [1.54, 1.807) is 0 Å². The monoisotopic (exact) mass is 304 g/mol. The van der Waals surface area contributed by atoms with Crippen molar-refractivity contribution in [2.75, 3.05) is 0 Å². The van der Waals surface area contributed by atoms with Crippen LogP contribution in [0, 0.1) is 0 Å². The Balaban J connectivity index is 3.86. The van der Waals surface area contributed by atoms with Gasteiger partial charge in [-0.2, -0.15) is 0 Å². The smallest absolute Gasteiger partial charge is 0.151 e. The summed E-state index contributed by atoms with van der Waals surface area (Å²) in [7, 11) is 0. The lowest BCUT2D eigenvalue weighted by atomic mass is 9.85. The molecule has 0 fully saturated rings. The summed E-state index contributed by atoms with van der Waals surface area (Å²) < 4.78 is 0. The minimum absolute atomic E-state index is 0.0555. The number of rotatable bonds is 9. The molecule has 0 radical (unpaired) electrons. The van der Waals surface area contributed by atoms with Crippen LogP contribution >= 0.6 is 0 Å². The Labute approximate surface area is 124 Å². The fourth-order valence-electron chi connectivity index (χ4n) is 2.23. The lowest BCUT2D eigenvalue weighted by Gasteiger charge is -2.19. The summed E-state index contributed by atoms with van der Waals surface area (Å²) in [5.41, 5.74) is -2.07. The summed E-state index contributed by atoms with van der Waals surface area (Å²) in [6.07, 6.45) is -0.0161. The van der Waals surface area contributed by atoms with Crippen molar-refractivity contribution < 1.29 is 33.9 Å². The van der Waals surface area contributed by atoms with E-state index in [1.165, 1.54) is 0 Å². The molecule has 7 nitrogen and oxygen atoms in total. The molecule has 1 unspecified atom stereocenters. The van der Waals surface area contributed by atoms with Crippen molar-refractivity contribution in [3.8, 4) is 0 Å². The molecule has 1 aromatic rings. The number of aliphatic hydroxyl groups is 1. The highest BCUT2D eigenvalue weighted by molar-refractivity contribution is 6.09. The zero-order valence-corrected chi connectivity index (χ0v) is 11.4. The summed E-state index contributed by atoms with van der Waals surface area (Å²) in [4.78, 5) is 66.3. The van der Waals surface area contributed by atoms with Gasteiger partial charge in [0.1, 0.15) is 6.29 Å². The van der Waals surface area contributed by atoms with E-state index in [9.17, 15) is 33.9 Å². The van der Waals surface area contributed by atoms with Crippen LogP contribution in [0.1, 0.15) is 76.3 Å². The second-order valence-corrected chi connectivity index (χ2v) is 4.33. The fourth-order valence-corrected chi connectivity index (χ4v) is 2.23. The summed E-state index contributed by atoms with van der Waals surface area (Å²) in [5, 5.41) is 10.1. The molecule has 0 aliphatic heterocycles. The normalized spacial score (nSPS) is 11.3. The Morgan fingerprint density at radius 2 is 1.05 bits per heavy atom. The Kier molecular flexibility index (Phi) is 6.15. The molecule has 22 heavy (non-hydrogen) atoms. The van der Waals surface area contributed by atoms with E-state index < -0.39 is 6.10 Å². The number of hydrogen-bond acceptors (Lipinski definition) is 7. The third kappa shape index (κ3) is 2.94. The minimum atomic E-state index is -1.41. The zero-order chi connectivity index (χ0) is 16.7. The highest BCUT2D eigenvalue weighted by atomic mass is 16.3. The molecule has 0 amide bonds. The van der Waals surface area contributed by atoms with Gasteiger partial charge in [0, 0.05) is 39.8 Å². The minimum Gasteiger partial charge on any atom is -0.388 e. The number of aldehydes is 6. The zero-order valence-electron chi connectivity index (χ0n) is 11.4. The van der Waals surface area contributed by atoms with Crippen LogP contribution < -0.4 is 0 Å². The lowest BCUT2D eigenvalue weighted by Crippen LogP contribution is -2.15. The topological polar surface area (TPSA) is 123 Å². The molecule has 0 aromatic heterocycles. The van der Waals surface area contributed by atoms with Crippen LogP contribution in [0.25, 0.3) is 0 Å². The van der Waals surface area contributed by atoms with Gasteiger partial charge in [-0.1, -0.05) is 0 Å². The van der Waals surface area contributed by atoms with Crippen LogP contribution in [0.5, 0.6) is 0 Å². The number of carbonyl (C=O) groups is 6. The molecule has 0 heterocycles. The van der Waals surface area contributed by atoms with E-state index in [1.807, 2.05) is 0 Å². The second kappa shape index (κ2) is 7.84. The van der Waals surface area contributed by atoms with Gasteiger partial charge in [0.15, 0.2) is 31.4 Å². The van der Waals surface area contributed by atoms with E-state index in [0.29, 0.717) is 6.29 Å². The molecule has 1 atom stereocenters. The first kappa shape index (κ1) is 17.3. The second-order valence-electron chi connectivity index (χ2n) is 4.33. The molecule has 1 N–H and O–H groups in total. The standard InChI is InChI=1S/C15H12O7/c16-3-1-2-14(22)15-12(7-20)10(5-18)9(4-17)11(6-19)13(15)8-21/h3-8,14,22H,1-2H2. The molecule has 0 bridgehead atoms. The highest BCUT2D eigenvalue weighted by Crippen LogP contribution is 2.30. The predicted molar refractivity (Wildman–Crippen MR) is 73.6 cm³/mol. The first-order valence-corrected chi connectivity index (χ1v) is 6.22. The molecule has 0 aliphatic rings. The molecule has 1 rings (SSSR count). The molecule has 0 spiro atoms. The van der Waals surface area contributed by atoms with E-state index in [4.69, 9.17) is 0 Å². The lowest BCUT2D eigenvalue weighted by molar-refractivity contribution is -0.108. The third-order valence-electron chi connectivity index (χ3n) is 3.22. The fraction of sp³-hybridized carbons (Fsp3) is 0.200. The summed E-state index contributed by atoms with van der Waals surface area (Å²) in [5.74, 6) is 0. The van der Waals surface area contributed by atoms with Crippen LogP contribution in [-0.2, 0) is 4.79 Å². The average Bonchev–Trinajstić information content (AvgIpc) is 2.56. The molecule has 7 heteroatoms.